The van der Waals surface area contributed by atoms with E-state index in [1.54, 1.807) is 0 Å². The van der Waals surface area contributed by atoms with Gasteiger partial charge in [-0.25, -0.2) is 0 Å². The Labute approximate surface area is 115 Å². The molecular formula is C15H27NO3. The summed E-state index contributed by atoms with van der Waals surface area (Å²) in [5.74, 6) is -0.392. The molecule has 0 bridgehead atoms. The summed E-state index contributed by atoms with van der Waals surface area (Å²) in [6.07, 6.45) is 9.01. The van der Waals surface area contributed by atoms with Crippen molar-refractivity contribution in [2.75, 3.05) is 19.8 Å². The van der Waals surface area contributed by atoms with E-state index in [2.05, 4.69) is 0 Å². The summed E-state index contributed by atoms with van der Waals surface area (Å²) in [7, 11) is 0. The number of hydrogen-bond donors (Lipinski definition) is 2. The summed E-state index contributed by atoms with van der Waals surface area (Å²) in [4.78, 5) is 0. The molecule has 1 saturated heterocycles. The van der Waals surface area contributed by atoms with Gasteiger partial charge in [0.2, 0.25) is 0 Å². The van der Waals surface area contributed by atoms with Gasteiger partial charge in [0.25, 0.3) is 0 Å². The highest BCUT2D eigenvalue weighted by Crippen LogP contribution is 2.53. The first-order valence-corrected chi connectivity index (χ1v) is 7.84. The van der Waals surface area contributed by atoms with E-state index in [1.165, 1.54) is 19.3 Å². The highest BCUT2D eigenvalue weighted by atomic mass is 16.7. The maximum Gasteiger partial charge on any atom is 0.168 e. The molecule has 4 nitrogen and oxygen atoms in total. The molecule has 0 aromatic carbocycles. The second-order valence-corrected chi connectivity index (χ2v) is 6.68. The number of rotatable bonds is 2. The molecule has 0 aromatic rings. The molecule has 1 spiro atoms. The minimum Gasteiger partial charge on any atom is -0.389 e. The van der Waals surface area contributed by atoms with Crippen LogP contribution in [0.2, 0.25) is 0 Å². The quantitative estimate of drug-likeness (QED) is 0.804. The zero-order chi connectivity index (χ0) is 13.4. The van der Waals surface area contributed by atoms with Crippen molar-refractivity contribution in [2.24, 2.45) is 11.1 Å². The van der Waals surface area contributed by atoms with Gasteiger partial charge in [0.1, 0.15) is 0 Å². The Balaban J connectivity index is 1.73. The van der Waals surface area contributed by atoms with E-state index in [4.69, 9.17) is 15.2 Å². The van der Waals surface area contributed by atoms with Gasteiger partial charge < -0.3 is 20.3 Å². The maximum absolute atomic E-state index is 11.2. The van der Waals surface area contributed by atoms with Crippen LogP contribution in [0, 0.1) is 5.41 Å². The van der Waals surface area contributed by atoms with Crippen LogP contribution in [0.15, 0.2) is 0 Å². The van der Waals surface area contributed by atoms with Gasteiger partial charge in [-0.15, -0.1) is 0 Å². The SMILES string of the molecule is NCC1(C2(O)CCC3(CC2)OCCO3)CCCCC1. The van der Waals surface area contributed by atoms with Crippen LogP contribution in [-0.4, -0.2) is 36.3 Å². The number of nitrogens with two attached hydrogens (primary N) is 1. The zero-order valence-electron chi connectivity index (χ0n) is 11.8. The lowest BCUT2D eigenvalue weighted by molar-refractivity contribution is -0.225. The molecule has 1 aliphatic heterocycles. The molecular weight excluding hydrogens is 242 g/mol. The molecule has 3 fully saturated rings. The third kappa shape index (κ3) is 2.23. The first-order valence-electron chi connectivity index (χ1n) is 7.84. The minimum absolute atomic E-state index is 0.0640. The predicted octanol–water partition coefficient (Wildman–Crippen LogP) is 1.94. The van der Waals surface area contributed by atoms with E-state index >= 15 is 0 Å². The Bertz CT molecular complexity index is 309. The average molecular weight is 269 g/mol. The van der Waals surface area contributed by atoms with Gasteiger partial charge in [-0.05, 0) is 25.7 Å². The molecule has 2 saturated carbocycles. The topological polar surface area (TPSA) is 64.7 Å². The van der Waals surface area contributed by atoms with E-state index in [9.17, 15) is 5.11 Å². The third-order valence-electron chi connectivity index (χ3n) is 5.84. The Morgan fingerprint density at radius 1 is 0.842 bits per heavy atom. The van der Waals surface area contributed by atoms with Gasteiger partial charge in [0, 0.05) is 24.8 Å². The molecule has 110 valence electrons. The third-order valence-corrected chi connectivity index (χ3v) is 5.84. The molecule has 19 heavy (non-hydrogen) atoms. The van der Waals surface area contributed by atoms with Crippen LogP contribution in [0.3, 0.4) is 0 Å². The van der Waals surface area contributed by atoms with Gasteiger partial charge >= 0.3 is 0 Å². The standard InChI is InChI=1S/C15H27NO3/c16-12-13(4-2-1-3-5-13)14(17)6-8-15(9-7-14)18-10-11-19-15/h17H,1-12,16H2. The molecule has 1 heterocycles. The Morgan fingerprint density at radius 2 is 1.42 bits per heavy atom. The summed E-state index contributed by atoms with van der Waals surface area (Å²) in [6.45, 7) is 2.00. The second kappa shape index (κ2) is 4.99. The normalized spacial score (nSPS) is 32.5. The fourth-order valence-corrected chi connectivity index (χ4v) is 4.45. The van der Waals surface area contributed by atoms with Crippen molar-refractivity contribution < 1.29 is 14.6 Å². The second-order valence-electron chi connectivity index (χ2n) is 6.68. The summed E-state index contributed by atoms with van der Waals surface area (Å²) in [5, 5.41) is 11.2. The molecule has 3 rings (SSSR count). The molecule has 0 unspecified atom stereocenters. The van der Waals surface area contributed by atoms with Crippen molar-refractivity contribution >= 4 is 0 Å². The first kappa shape index (κ1) is 13.8. The highest BCUT2D eigenvalue weighted by Gasteiger charge is 2.54. The van der Waals surface area contributed by atoms with Crippen LogP contribution in [0.1, 0.15) is 57.8 Å². The lowest BCUT2D eigenvalue weighted by Gasteiger charge is -2.53. The van der Waals surface area contributed by atoms with Crippen LogP contribution < -0.4 is 5.73 Å². The maximum atomic E-state index is 11.2. The van der Waals surface area contributed by atoms with Crippen molar-refractivity contribution in [1.29, 1.82) is 0 Å². The predicted molar refractivity (Wildman–Crippen MR) is 72.6 cm³/mol. The molecule has 0 amide bonds. The van der Waals surface area contributed by atoms with Crippen molar-refractivity contribution in [1.82, 2.24) is 0 Å². The molecule has 3 N–H and O–H groups in total. The molecule has 2 aliphatic carbocycles. The summed E-state index contributed by atoms with van der Waals surface area (Å²) < 4.78 is 11.5. The van der Waals surface area contributed by atoms with Gasteiger partial charge in [-0.3, -0.25) is 0 Å². The van der Waals surface area contributed by atoms with Gasteiger partial charge in [0.15, 0.2) is 5.79 Å². The smallest absolute Gasteiger partial charge is 0.168 e. The average Bonchev–Trinajstić information content (AvgIpc) is 2.92. The van der Waals surface area contributed by atoms with E-state index in [0.29, 0.717) is 19.8 Å². The summed E-state index contributed by atoms with van der Waals surface area (Å²) in [5.41, 5.74) is 5.40. The highest BCUT2D eigenvalue weighted by molar-refractivity contribution is 5.04. The number of aliphatic hydroxyl groups is 1. The Kier molecular flexibility index (Phi) is 3.63. The lowest BCUT2D eigenvalue weighted by atomic mass is 9.58. The Hall–Kier alpha value is -0.160. The van der Waals surface area contributed by atoms with Crippen molar-refractivity contribution in [2.45, 2.75) is 69.2 Å². The van der Waals surface area contributed by atoms with Crippen molar-refractivity contribution in [3.8, 4) is 0 Å². The minimum atomic E-state index is -0.608. The fraction of sp³-hybridized carbons (Fsp3) is 1.00. The van der Waals surface area contributed by atoms with Gasteiger partial charge in [-0.1, -0.05) is 19.3 Å². The van der Waals surface area contributed by atoms with Crippen LogP contribution in [-0.2, 0) is 9.47 Å². The van der Waals surface area contributed by atoms with Crippen molar-refractivity contribution in [3.63, 3.8) is 0 Å². The van der Waals surface area contributed by atoms with E-state index in [-0.39, 0.29) is 5.41 Å². The number of hydrogen-bond acceptors (Lipinski definition) is 4. The zero-order valence-corrected chi connectivity index (χ0v) is 11.8. The van der Waals surface area contributed by atoms with E-state index < -0.39 is 11.4 Å². The van der Waals surface area contributed by atoms with Crippen LogP contribution in [0.5, 0.6) is 0 Å². The van der Waals surface area contributed by atoms with Gasteiger partial charge in [0.05, 0.1) is 18.8 Å². The van der Waals surface area contributed by atoms with Gasteiger partial charge in [-0.2, -0.15) is 0 Å². The van der Waals surface area contributed by atoms with Crippen molar-refractivity contribution in [3.05, 3.63) is 0 Å². The summed E-state index contributed by atoms with van der Waals surface area (Å²) in [6, 6.07) is 0. The van der Waals surface area contributed by atoms with E-state index in [0.717, 1.165) is 38.5 Å². The Morgan fingerprint density at radius 3 is 1.95 bits per heavy atom. The molecule has 3 aliphatic rings. The first-order chi connectivity index (χ1) is 9.14. The summed E-state index contributed by atoms with van der Waals surface area (Å²) >= 11 is 0. The fourth-order valence-electron chi connectivity index (χ4n) is 4.45. The number of ether oxygens (including phenoxy) is 2. The molecule has 0 radical (unpaired) electrons. The molecule has 4 heteroatoms. The molecule has 0 aromatic heterocycles. The van der Waals surface area contributed by atoms with Crippen LogP contribution in [0.4, 0.5) is 0 Å². The lowest BCUT2D eigenvalue weighted by Crippen LogP contribution is -2.57. The molecule has 0 atom stereocenters. The van der Waals surface area contributed by atoms with Crippen LogP contribution in [0.25, 0.3) is 0 Å². The monoisotopic (exact) mass is 269 g/mol. The van der Waals surface area contributed by atoms with E-state index in [1.807, 2.05) is 0 Å². The largest absolute Gasteiger partial charge is 0.389 e. The van der Waals surface area contributed by atoms with Crippen LogP contribution >= 0.6 is 0 Å².